The predicted molar refractivity (Wildman–Crippen MR) is 106 cm³/mol. The molecule has 0 aliphatic carbocycles. The molecule has 1 aliphatic heterocycles. The normalized spacial score (nSPS) is 16.4. The summed E-state index contributed by atoms with van der Waals surface area (Å²) in [4.78, 5) is 3.60. The van der Waals surface area contributed by atoms with Crippen molar-refractivity contribution in [2.24, 2.45) is 0 Å². The fourth-order valence-corrected chi connectivity index (χ4v) is 5.09. The maximum atomic E-state index is 13.0. The van der Waals surface area contributed by atoms with E-state index in [9.17, 15) is 21.6 Å². The van der Waals surface area contributed by atoms with Crippen molar-refractivity contribution in [3.05, 3.63) is 60.8 Å². The number of hydrogen-bond donors (Lipinski definition) is 0. The molecule has 5 nitrogen and oxygen atoms in total. The lowest BCUT2D eigenvalue weighted by atomic mass is 10.1. The van der Waals surface area contributed by atoms with Crippen LogP contribution in [-0.2, 0) is 10.0 Å². The molecule has 0 spiro atoms. The Balaban J connectivity index is 1.63. The molecule has 0 N–H and O–H groups in total. The van der Waals surface area contributed by atoms with Crippen LogP contribution in [0.2, 0.25) is 0 Å². The lowest BCUT2D eigenvalue weighted by Crippen LogP contribution is -2.49. The molecule has 1 saturated heterocycles. The number of alkyl halides is 3. The summed E-state index contributed by atoms with van der Waals surface area (Å²) in [6.45, 7) is 0.603. The summed E-state index contributed by atoms with van der Waals surface area (Å²) in [7, 11) is -3.73. The van der Waals surface area contributed by atoms with Crippen LogP contribution in [0, 0.1) is 0 Å². The van der Waals surface area contributed by atoms with E-state index in [1.54, 1.807) is 48.5 Å². The van der Waals surface area contributed by atoms with Gasteiger partial charge in [0, 0.05) is 43.4 Å². The van der Waals surface area contributed by atoms with Crippen molar-refractivity contribution in [2.45, 2.75) is 11.1 Å². The van der Waals surface area contributed by atoms with Crippen LogP contribution >= 0.6 is 0 Å². The molecular weight excluding hydrogens is 403 g/mol. The maximum absolute atomic E-state index is 13.0. The van der Waals surface area contributed by atoms with Crippen molar-refractivity contribution in [2.75, 3.05) is 37.6 Å². The molecule has 0 unspecified atom stereocenters. The highest BCUT2D eigenvalue weighted by molar-refractivity contribution is 7.90. The van der Waals surface area contributed by atoms with Gasteiger partial charge in [0.1, 0.15) is 0 Å². The first-order valence-corrected chi connectivity index (χ1v) is 10.6. The van der Waals surface area contributed by atoms with Crippen molar-refractivity contribution in [3.63, 3.8) is 0 Å². The minimum atomic E-state index is -4.20. The van der Waals surface area contributed by atoms with E-state index in [4.69, 9.17) is 0 Å². The largest absolute Gasteiger partial charge is 0.401 e. The van der Waals surface area contributed by atoms with Gasteiger partial charge in [0.15, 0.2) is 0 Å². The minimum Gasteiger partial charge on any atom is -0.368 e. The Morgan fingerprint density at radius 1 is 0.862 bits per heavy atom. The Morgan fingerprint density at radius 2 is 1.55 bits per heavy atom. The molecular formula is C20H20F3N3O2S. The van der Waals surface area contributed by atoms with Crippen LogP contribution in [0.4, 0.5) is 18.9 Å². The van der Waals surface area contributed by atoms with E-state index in [1.165, 1.54) is 15.1 Å². The van der Waals surface area contributed by atoms with Crippen LogP contribution in [0.15, 0.2) is 65.7 Å². The second-order valence-electron chi connectivity index (χ2n) is 7.02. The minimum absolute atomic E-state index is 0.198. The Labute approximate surface area is 167 Å². The number of hydrogen-bond acceptors (Lipinski definition) is 4. The number of piperazine rings is 1. The van der Waals surface area contributed by atoms with E-state index < -0.39 is 22.7 Å². The maximum Gasteiger partial charge on any atom is 0.401 e. The number of rotatable bonds is 4. The molecule has 4 rings (SSSR count). The molecule has 9 heteroatoms. The van der Waals surface area contributed by atoms with Gasteiger partial charge in [-0.25, -0.2) is 12.4 Å². The van der Waals surface area contributed by atoms with E-state index >= 15 is 0 Å². The van der Waals surface area contributed by atoms with Crippen LogP contribution in [0.3, 0.4) is 0 Å². The zero-order valence-corrected chi connectivity index (χ0v) is 16.3. The third-order valence-corrected chi connectivity index (χ3v) is 6.79. The highest BCUT2D eigenvalue weighted by Crippen LogP contribution is 2.31. The van der Waals surface area contributed by atoms with Gasteiger partial charge in [-0.05, 0) is 30.3 Å². The molecule has 3 aromatic rings. The average molecular weight is 423 g/mol. The summed E-state index contributed by atoms with van der Waals surface area (Å²) in [5, 5.41) is 0.760. The summed E-state index contributed by atoms with van der Waals surface area (Å²) < 4.78 is 65.1. The van der Waals surface area contributed by atoms with Crippen molar-refractivity contribution < 1.29 is 21.6 Å². The number of halogens is 3. The molecule has 0 saturated carbocycles. The molecule has 0 bridgehead atoms. The lowest BCUT2D eigenvalue weighted by Gasteiger charge is -2.36. The molecule has 1 aromatic heterocycles. The van der Waals surface area contributed by atoms with Crippen molar-refractivity contribution in [1.29, 1.82) is 0 Å². The van der Waals surface area contributed by atoms with Crippen molar-refractivity contribution >= 4 is 26.6 Å². The molecule has 2 aromatic carbocycles. The monoisotopic (exact) mass is 423 g/mol. The van der Waals surface area contributed by atoms with E-state index in [1.807, 2.05) is 11.0 Å². The summed E-state index contributed by atoms with van der Waals surface area (Å²) in [6, 6.07) is 15.3. The third kappa shape index (κ3) is 3.97. The zero-order chi connectivity index (χ0) is 20.6. The van der Waals surface area contributed by atoms with Crippen LogP contribution in [0.1, 0.15) is 0 Å². The standard InChI is InChI=1S/C20H20F3N3O2S/c21-20(22,23)15-24-11-13-25(14-12-24)18-7-4-8-19-17(18)9-10-26(19)29(27,28)16-5-2-1-3-6-16/h1-10H,11-15H2. The highest BCUT2D eigenvalue weighted by atomic mass is 32.2. The van der Waals surface area contributed by atoms with Gasteiger partial charge in [-0.2, -0.15) is 13.2 Å². The number of benzene rings is 2. The lowest BCUT2D eigenvalue weighted by molar-refractivity contribution is -0.146. The number of fused-ring (bicyclic) bond motifs is 1. The van der Waals surface area contributed by atoms with Crippen LogP contribution in [0.25, 0.3) is 10.9 Å². The average Bonchev–Trinajstić information content (AvgIpc) is 3.13. The van der Waals surface area contributed by atoms with E-state index in [-0.39, 0.29) is 4.90 Å². The molecule has 154 valence electrons. The Kier molecular flexibility index (Phi) is 5.04. The van der Waals surface area contributed by atoms with Crippen molar-refractivity contribution in [1.82, 2.24) is 8.87 Å². The molecule has 29 heavy (non-hydrogen) atoms. The summed E-state index contributed by atoms with van der Waals surface area (Å²) >= 11 is 0. The smallest absolute Gasteiger partial charge is 0.368 e. The highest BCUT2D eigenvalue weighted by Gasteiger charge is 2.32. The van der Waals surface area contributed by atoms with Gasteiger partial charge in [-0.15, -0.1) is 0 Å². The van der Waals surface area contributed by atoms with Gasteiger partial charge >= 0.3 is 6.18 Å². The molecule has 2 heterocycles. The first-order chi connectivity index (χ1) is 13.8. The summed E-state index contributed by atoms with van der Waals surface area (Å²) in [6.07, 6.45) is -2.68. The van der Waals surface area contributed by atoms with Crippen LogP contribution in [-0.4, -0.2) is 56.2 Å². The van der Waals surface area contributed by atoms with Gasteiger partial charge in [-0.3, -0.25) is 4.90 Å². The van der Waals surface area contributed by atoms with Gasteiger partial charge in [0.05, 0.1) is 17.0 Å². The van der Waals surface area contributed by atoms with Crippen LogP contribution < -0.4 is 4.90 Å². The number of aromatic nitrogens is 1. The number of nitrogens with zero attached hydrogens (tertiary/aromatic N) is 3. The Bertz CT molecular complexity index is 1100. The Hall–Kier alpha value is -2.52. The van der Waals surface area contributed by atoms with E-state index in [0.29, 0.717) is 31.7 Å². The molecule has 1 fully saturated rings. The van der Waals surface area contributed by atoms with Crippen LogP contribution in [0.5, 0.6) is 0 Å². The fraction of sp³-hybridized carbons (Fsp3) is 0.300. The first-order valence-electron chi connectivity index (χ1n) is 9.20. The second-order valence-corrected chi connectivity index (χ2v) is 8.83. The zero-order valence-electron chi connectivity index (χ0n) is 15.5. The van der Waals surface area contributed by atoms with Crippen molar-refractivity contribution in [3.8, 4) is 0 Å². The molecule has 0 atom stereocenters. The van der Waals surface area contributed by atoms with Gasteiger partial charge in [-0.1, -0.05) is 24.3 Å². The fourth-order valence-electron chi connectivity index (χ4n) is 3.72. The summed E-state index contributed by atoms with van der Waals surface area (Å²) in [5.41, 5.74) is 1.38. The quantitative estimate of drug-likeness (QED) is 0.644. The second kappa shape index (κ2) is 7.38. The predicted octanol–water partition coefficient (Wildman–Crippen LogP) is 3.56. The number of anilines is 1. The van der Waals surface area contributed by atoms with E-state index in [0.717, 1.165) is 11.1 Å². The molecule has 0 amide bonds. The first kappa shape index (κ1) is 19.8. The topological polar surface area (TPSA) is 45.6 Å². The molecule has 0 radical (unpaired) electrons. The van der Waals surface area contributed by atoms with E-state index in [2.05, 4.69) is 0 Å². The van der Waals surface area contributed by atoms with Gasteiger partial charge < -0.3 is 4.90 Å². The Morgan fingerprint density at radius 3 is 2.21 bits per heavy atom. The molecule has 1 aliphatic rings. The SMILES string of the molecule is O=S(=O)(c1ccccc1)n1ccc2c(N3CCN(CC(F)(F)F)CC3)cccc21. The third-order valence-electron chi connectivity index (χ3n) is 5.09. The van der Waals surface area contributed by atoms with Gasteiger partial charge in [0.25, 0.3) is 10.0 Å². The van der Waals surface area contributed by atoms with Gasteiger partial charge in [0.2, 0.25) is 0 Å². The summed E-state index contributed by atoms with van der Waals surface area (Å²) in [5.74, 6) is 0.